The molecule has 0 N–H and O–H groups in total. The summed E-state index contributed by atoms with van der Waals surface area (Å²) in [6.45, 7) is 7.32. The summed E-state index contributed by atoms with van der Waals surface area (Å²) in [6.07, 6.45) is 1.46. The minimum atomic E-state index is 0.433. The van der Waals surface area contributed by atoms with Crippen molar-refractivity contribution in [3.8, 4) is 6.07 Å². The van der Waals surface area contributed by atoms with Crippen molar-refractivity contribution in [1.29, 1.82) is 5.26 Å². The molecule has 0 bridgehead atoms. The van der Waals surface area contributed by atoms with Crippen LogP contribution >= 0.6 is 0 Å². The lowest BCUT2D eigenvalue weighted by atomic mass is 10.3. The Kier molecular flexibility index (Phi) is 3.32. The van der Waals surface area contributed by atoms with Gasteiger partial charge in [0.15, 0.2) is 0 Å². The van der Waals surface area contributed by atoms with Gasteiger partial charge in [-0.2, -0.15) is 5.26 Å². The van der Waals surface area contributed by atoms with E-state index in [-0.39, 0.29) is 0 Å². The first-order valence-electron chi connectivity index (χ1n) is 5.53. The van der Waals surface area contributed by atoms with E-state index in [1.54, 1.807) is 6.07 Å². The van der Waals surface area contributed by atoms with Crippen molar-refractivity contribution in [3.63, 3.8) is 0 Å². The molecule has 0 amide bonds. The summed E-state index contributed by atoms with van der Waals surface area (Å²) in [5, 5.41) is 8.77. The largest absolute Gasteiger partial charge is 0.354 e. The zero-order chi connectivity index (χ0) is 11.4. The number of nitrogens with zero attached hydrogens (tertiary/aromatic N) is 5. The van der Waals surface area contributed by atoms with Crippen molar-refractivity contribution in [2.24, 2.45) is 0 Å². The third-order valence-electron chi connectivity index (χ3n) is 2.91. The van der Waals surface area contributed by atoms with Crippen molar-refractivity contribution < 1.29 is 0 Å². The number of hydrogen-bond acceptors (Lipinski definition) is 5. The second-order valence-electron chi connectivity index (χ2n) is 3.79. The van der Waals surface area contributed by atoms with Crippen LogP contribution in [0.4, 0.5) is 5.82 Å². The minimum Gasteiger partial charge on any atom is -0.354 e. The van der Waals surface area contributed by atoms with Gasteiger partial charge in [-0.15, -0.1) is 0 Å². The topological polar surface area (TPSA) is 56.0 Å². The molecule has 2 heterocycles. The number of aromatic nitrogens is 2. The number of anilines is 1. The van der Waals surface area contributed by atoms with E-state index in [0.717, 1.165) is 38.5 Å². The van der Waals surface area contributed by atoms with Crippen molar-refractivity contribution in [1.82, 2.24) is 14.9 Å². The molecule has 16 heavy (non-hydrogen) atoms. The highest BCUT2D eigenvalue weighted by molar-refractivity contribution is 5.42. The Morgan fingerprint density at radius 1 is 1.31 bits per heavy atom. The lowest BCUT2D eigenvalue weighted by Crippen LogP contribution is -2.46. The maximum absolute atomic E-state index is 8.77. The van der Waals surface area contributed by atoms with Crippen LogP contribution in [0.3, 0.4) is 0 Å². The fourth-order valence-electron chi connectivity index (χ4n) is 1.87. The van der Waals surface area contributed by atoms with Crippen molar-refractivity contribution in [3.05, 3.63) is 18.1 Å². The van der Waals surface area contributed by atoms with E-state index in [0.29, 0.717) is 5.69 Å². The Morgan fingerprint density at radius 3 is 2.69 bits per heavy atom. The molecule has 1 aliphatic heterocycles. The standard InChI is InChI=1S/C11H15N5/c1-2-15-3-5-16(6-4-15)11-7-10(8-12)13-9-14-11/h7,9H,2-6H2,1H3. The van der Waals surface area contributed by atoms with E-state index < -0.39 is 0 Å². The van der Waals surface area contributed by atoms with Crippen molar-refractivity contribution >= 4 is 5.82 Å². The molecule has 1 fully saturated rings. The molecule has 0 aliphatic carbocycles. The number of likely N-dealkylation sites (N-methyl/N-ethyl adjacent to an activating group) is 1. The molecule has 0 aromatic carbocycles. The number of hydrogen-bond donors (Lipinski definition) is 0. The van der Waals surface area contributed by atoms with E-state index in [4.69, 9.17) is 5.26 Å². The summed E-state index contributed by atoms with van der Waals surface area (Å²) in [5.41, 5.74) is 0.433. The predicted molar refractivity (Wildman–Crippen MR) is 61.1 cm³/mol. The van der Waals surface area contributed by atoms with E-state index in [1.165, 1.54) is 6.33 Å². The Hall–Kier alpha value is -1.67. The molecule has 1 saturated heterocycles. The van der Waals surface area contributed by atoms with Crippen LogP contribution in [0.5, 0.6) is 0 Å². The van der Waals surface area contributed by atoms with Gasteiger partial charge < -0.3 is 9.80 Å². The lowest BCUT2D eigenvalue weighted by molar-refractivity contribution is 0.270. The predicted octanol–water partition coefficient (Wildman–Crippen LogP) is 0.490. The Labute approximate surface area is 95.3 Å². The van der Waals surface area contributed by atoms with Crippen molar-refractivity contribution in [2.75, 3.05) is 37.6 Å². The zero-order valence-electron chi connectivity index (χ0n) is 9.43. The summed E-state index contributed by atoms with van der Waals surface area (Å²) in [6, 6.07) is 3.79. The van der Waals surface area contributed by atoms with Gasteiger partial charge in [0, 0.05) is 32.2 Å². The highest BCUT2D eigenvalue weighted by Crippen LogP contribution is 2.13. The van der Waals surface area contributed by atoms with Gasteiger partial charge in [0.05, 0.1) is 0 Å². The lowest BCUT2D eigenvalue weighted by Gasteiger charge is -2.34. The number of piperazine rings is 1. The number of nitriles is 1. The smallest absolute Gasteiger partial charge is 0.145 e. The molecular weight excluding hydrogens is 202 g/mol. The molecule has 0 unspecified atom stereocenters. The van der Waals surface area contributed by atoms with E-state index in [9.17, 15) is 0 Å². The highest BCUT2D eigenvalue weighted by Gasteiger charge is 2.16. The molecule has 0 saturated carbocycles. The normalized spacial score (nSPS) is 17.1. The summed E-state index contributed by atoms with van der Waals surface area (Å²) in [7, 11) is 0. The quantitative estimate of drug-likeness (QED) is 0.721. The van der Waals surface area contributed by atoms with Crippen molar-refractivity contribution in [2.45, 2.75) is 6.92 Å². The minimum absolute atomic E-state index is 0.433. The van der Waals surface area contributed by atoms with Crippen LogP contribution in [0.1, 0.15) is 12.6 Å². The van der Waals surface area contributed by atoms with E-state index >= 15 is 0 Å². The first-order chi connectivity index (χ1) is 7.83. The maximum atomic E-state index is 8.77. The van der Waals surface area contributed by atoms with Crippen LogP contribution in [0.25, 0.3) is 0 Å². The van der Waals surface area contributed by atoms with Gasteiger partial charge in [-0.25, -0.2) is 9.97 Å². The van der Waals surface area contributed by atoms with Gasteiger partial charge in [0.1, 0.15) is 23.9 Å². The summed E-state index contributed by atoms with van der Waals surface area (Å²) in [5.74, 6) is 0.863. The molecule has 0 spiro atoms. The van der Waals surface area contributed by atoms with E-state index in [2.05, 4.69) is 26.7 Å². The van der Waals surface area contributed by atoms with Gasteiger partial charge in [0.25, 0.3) is 0 Å². The molecular formula is C11H15N5. The van der Waals surface area contributed by atoms with Crippen LogP contribution in [0, 0.1) is 11.3 Å². The van der Waals surface area contributed by atoms with Gasteiger partial charge in [-0.3, -0.25) is 0 Å². The monoisotopic (exact) mass is 217 g/mol. The SMILES string of the molecule is CCN1CCN(c2cc(C#N)ncn2)CC1. The molecule has 5 nitrogen and oxygen atoms in total. The Morgan fingerprint density at radius 2 is 2.06 bits per heavy atom. The second kappa shape index (κ2) is 4.90. The van der Waals surface area contributed by atoms with Crippen LogP contribution in [0.2, 0.25) is 0 Å². The summed E-state index contributed by atoms with van der Waals surface area (Å²) in [4.78, 5) is 12.7. The van der Waals surface area contributed by atoms with Crippen LogP contribution in [-0.2, 0) is 0 Å². The first kappa shape index (κ1) is 10.8. The highest BCUT2D eigenvalue weighted by atomic mass is 15.3. The molecule has 1 aromatic heterocycles. The van der Waals surface area contributed by atoms with E-state index in [1.807, 2.05) is 6.07 Å². The molecule has 5 heteroatoms. The zero-order valence-corrected chi connectivity index (χ0v) is 9.43. The summed E-state index contributed by atoms with van der Waals surface area (Å²) >= 11 is 0. The molecule has 0 atom stereocenters. The third-order valence-corrected chi connectivity index (χ3v) is 2.91. The molecule has 84 valence electrons. The first-order valence-corrected chi connectivity index (χ1v) is 5.53. The van der Waals surface area contributed by atoms with Gasteiger partial charge >= 0.3 is 0 Å². The van der Waals surface area contributed by atoms with Crippen LogP contribution in [-0.4, -0.2) is 47.6 Å². The van der Waals surface area contributed by atoms with Crippen LogP contribution in [0.15, 0.2) is 12.4 Å². The molecule has 1 aromatic rings. The third kappa shape index (κ3) is 2.28. The van der Waals surface area contributed by atoms with Gasteiger partial charge in [-0.1, -0.05) is 6.92 Å². The molecule has 1 aliphatic rings. The fourth-order valence-corrected chi connectivity index (χ4v) is 1.87. The van der Waals surface area contributed by atoms with Crippen LogP contribution < -0.4 is 4.90 Å². The van der Waals surface area contributed by atoms with Gasteiger partial charge in [0.2, 0.25) is 0 Å². The fraction of sp³-hybridized carbons (Fsp3) is 0.545. The average molecular weight is 217 g/mol. The Bertz CT molecular complexity index is 390. The summed E-state index contributed by atoms with van der Waals surface area (Å²) < 4.78 is 0. The molecule has 2 rings (SSSR count). The average Bonchev–Trinajstić information content (AvgIpc) is 2.39. The van der Waals surface area contributed by atoms with Gasteiger partial charge in [-0.05, 0) is 6.54 Å². The number of rotatable bonds is 2. The maximum Gasteiger partial charge on any atom is 0.145 e. The second-order valence-corrected chi connectivity index (χ2v) is 3.79. The Balaban J connectivity index is 2.05. The molecule has 0 radical (unpaired) electrons.